The lowest BCUT2D eigenvalue weighted by Crippen LogP contribution is -2.54. The Morgan fingerprint density at radius 1 is 0.864 bits per heavy atom. The number of sulfonamides is 1. The zero-order chi connectivity index (χ0) is 31.9. The van der Waals surface area contributed by atoms with Crippen molar-refractivity contribution in [2.45, 2.75) is 50.7 Å². The summed E-state index contributed by atoms with van der Waals surface area (Å²) in [5, 5.41) is 3.41. The van der Waals surface area contributed by atoms with Crippen LogP contribution >= 0.6 is 27.5 Å². The van der Waals surface area contributed by atoms with Crippen molar-refractivity contribution in [3.63, 3.8) is 0 Å². The minimum absolute atomic E-state index is 0.0408. The summed E-state index contributed by atoms with van der Waals surface area (Å²) in [6.45, 7) is 5.01. The summed E-state index contributed by atoms with van der Waals surface area (Å²) in [6.07, 6.45) is 0.241. The summed E-state index contributed by atoms with van der Waals surface area (Å²) in [5.74, 6) is -0.856. The second kappa shape index (κ2) is 14.9. The van der Waals surface area contributed by atoms with E-state index >= 15 is 0 Å². The molecule has 1 atom stereocenters. The van der Waals surface area contributed by atoms with Gasteiger partial charge in [-0.1, -0.05) is 88.2 Å². The van der Waals surface area contributed by atoms with E-state index < -0.39 is 28.5 Å². The van der Waals surface area contributed by atoms with Crippen molar-refractivity contribution in [2.24, 2.45) is 0 Å². The first kappa shape index (κ1) is 33.2. The van der Waals surface area contributed by atoms with Gasteiger partial charge < -0.3 is 10.2 Å². The molecule has 44 heavy (non-hydrogen) atoms. The molecular weight excluding hydrogens is 662 g/mol. The number of anilines is 1. The van der Waals surface area contributed by atoms with E-state index in [1.54, 1.807) is 43.3 Å². The number of aryl methyl sites for hydroxylation is 1. The molecule has 4 aromatic carbocycles. The third kappa shape index (κ3) is 8.49. The van der Waals surface area contributed by atoms with Gasteiger partial charge in [-0.15, -0.1) is 0 Å². The lowest BCUT2D eigenvalue weighted by Gasteiger charge is -2.34. The first-order chi connectivity index (χ1) is 21.0. The van der Waals surface area contributed by atoms with E-state index in [-0.39, 0.29) is 29.8 Å². The quantitative estimate of drug-likeness (QED) is 0.177. The molecule has 230 valence electrons. The Balaban J connectivity index is 1.82. The zero-order valence-corrected chi connectivity index (χ0v) is 27.9. The number of rotatable bonds is 12. The summed E-state index contributed by atoms with van der Waals surface area (Å²) in [6, 6.07) is 28.7. The van der Waals surface area contributed by atoms with Crippen molar-refractivity contribution in [1.29, 1.82) is 0 Å². The normalized spacial score (nSPS) is 12.0. The van der Waals surface area contributed by atoms with Crippen molar-refractivity contribution in [2.75, 3.05) is 10.8 Å². The van der Waals surface area contributed by atoms with Gasteiger partial charge in [-0.25, -0.2) is 8.42 Å². The molecule has 2 amide bonds. The van der Waals surface area contributed by atoms with Gasteiger partial charge in [-0.2, -0.15) is 0 Å². The minimum atomic E-state index is -4.19. The van der Waals surface area contributed by atoms with Crippen molar-refractivity contribution in [3.8, 4) is 0 Å². The minimum Gasteiger partial charge on any atom is -0.352 e. The van der Waals surface area contributed by atoms with Crippen LogP contribution in [0.3, 0.4) is 0 Å². The monoisotopic (exact) mass is 695 g/mol. The van der Waals surface area contributed by atoms with Crippen LogP contribution in [0.4, 0.5) is 5.69 Å². The predicted molar refractivity (Wildman–Crippen MR) is 179 cm³/mol. The van der Waals surface area contributed by atoms with Crippen molar-refractivity contribution < 1.29 is 18.0 Å². The van der Waals surface area contributed by atoms with Gasteiger partial charge >= 0.3 is 0 Å². The fourth-order valence-corrected chi connectivity index (χ4v) is 7.07. The number of nitrogens with zero attached hydrogens (tertiary/aromatic N) is 2. The third-order valence-electron chi connectivity index (χ3n) is 6.98. The van der Waals surface area contributed by atoms with E-state index in [1.807, 2.05) is 68.4 Å². The maximum absolute atomic E-state index is 14.5. The molecule has 4 aromatic rings. The standard InChI is InChI=1S/C34H35BrClN3O4S/c1-24(2)37-34(41)32(21-26-11-6-4-7-12-26)38(22-27-13-10-14-28(35)20-27)33(40)23-39(31-18-17-29(36)19-25(31)3)44(42,43)30-15-8-5-9-16-30/h4-20,24,32H,21-23H2,1-3H3,(H,37,41)/t32-/m0/s1. The van der Waals surface area contributed by atoms with E-state index in [2.05, 4.69) is 21.2 Å². The number of hydrogen-bond acceptors (Lipinski definition) is 4. The van der Waals surface area contributed by atoms with Crippen LogP contribution in [0.25, 0.3) is 0 Å². The van der Waals surface area contributed by atoms with E-state index in [0.717, 1.165) is 19.9 Å². The second-order valence-corrected chi connectivity index (χ2v) is 14.0. The molecular formula is C34H35BrClN3O4S. The van der Waals surface area contributed by atoms with Crippen LogP contribution in [0.2, 0.25) is 5.02 Å². The van der Waals surface area contributed by atoms with Crippen LogP contribution in [-0.2, 0) is 32.6 Å². The molecule has 0 saturated carbocycles. The maximum atomic E-state index is 14.5. The summed E-state index contributed by atoms with van der Waals surface area (Å²) >= 11 is 9.71. The molecule has 0 fully saturated rings. The number of hydrogen-bond donors (Lipinski definition) is 1. The summed E-state index contributed by atoms with van der Waals surface area (Å²) in [4.78, 5) is 29.8. The van der Waals surface area contributed by atoms with Gasteiger partial charge in [0.2, 0.25) is 11.8 Å². The molecule has 0 aromatic heterocycles. The third-order valence-corrected chi connectivity index (χ3v) is 9.48. The first-order valence-electron chi connectivity index (χ1n) is 14.2. The zero-order valence-electron chi connectivity index (χ0n) is 24.8. The molecule has 0 aliphatic rings. The molecule has 0 aliphatic heterocycles. The number of amides is 2. The Bertz CT molecular complexity index is 1700. The molecule has 10 heteroatoms. The molecule has 7 nitrogen and oxygen atoms in total. The SMILES string of the molecule is Cc1cc(Cl)ccc1N(CC(=O)N(Cc1cccc(Br)c1)[C@@H](Cc1ccccc1)C(=O)NC(C)C)S(=O)(=O)c1ccccc1. The van der Waals surface area contributed by atoms with Crippen LogP contribution in [0, 0.1) is 6.92 Å². The maximum Gasteiger partial charge on any atom is 0.264 e. The Kier molecular flexibility index (Phi) is 11.2. The van der Waals surface area contributed by atoms with Crippen molar-refractivity contribution in [1.82, 2.24) is 10.2 Å². The van der Waals surface area contributed by atoms with Crippen molar-refractivity contribution in [3.05, 3.63) is 129 Å². The average Bonchev–Trinajstić information content (AvgIpc) is 2.98. The van der Waals surface area contributed by atoms with Crippen LogP contribution < -0.4 is 9.62 Å². The summed E-state index contributed by atoms with van der Waals surface area (Å²) in [7, 11) is -4.19. The smallest absolute Gasteiger partial charge is 0.264 e. The van der Waals surface area contributed by atoms with E-state index in [1.165, 1.54) is 17.0 Å². The fourth-order valence-electron chi connectivity index (χ4n) is 4.90. The second-order valence-electron chi connectivity index (χ2n) is 10.8. The van der Waals surface area contributed by atoms with Gasteiger partial charge in [-0.05, 0) is 79.9 Å². The molecule has 0 unspecified atom stereocenters. The van der Waals surface area contributed by atoms with Gasteiger partial charge in [0.1, 0.15) is 12.6 Å². The Morgan fingerprint density at radius 2 is 1.50 bits per heavy atom. The molecule has 4 rings (SSSR count). The highest BCUT2D eigenvalue weighted by Gasteiger charge is 2.35. The van der Waals surface area contributed by atoms with Crippen LogP contribution in [-0.4, -0.2) is 43.8 Å². The molecule has 0 bridgehead atoms. The molecule has 0 saturated heterocycles. The van der Waals surface area contributed by atoms with E-state index in [0.29, 0.717) is 16.3 Å². The van der Waals surface area contributed by atoms with E-state index in [4.69, 9.17) is 11.6 Å². The number of carbonyl (C=O) groups excluding carboxylic acids is 2. The molecule has 0 heterocycles. The average molecular weight is 697 g/mol. The lowest BCUT2D eigenvalue weighted by molar-refractivity contribution is -0.140. The van der Waals surface area contributed by atoms with Gasteiger partial charge in [0.15, 0.2) is 0 Å². The molecule has 0 aliphatic carbocycles. The Labute approximate surface area is 273 Å². The Morgan fingerprint density at radius 3 is 2.11 bits per heavy atom. The van der Waals surface area contributed by atoms with E-state index in [9.17, 15) is 18.0 Å². The largest absolute Gasteiger partial charge is 0.352 e. The topological polar surface area (TPSA) is 86.8 Å². The van der Waals surface area contributed by atoms with Crippen LogP contribution in [0.5, 0.6) is 0 Å². The summed E-state index contributed by atoms with van der Waals surface area (Å²) < 4.78 is 30.1. The first-order valence-corrected chi connectivity index (χ1v) is 16.8. The van der Waals surface area contributed by atoms with Gasteiger partial charge in [-0.3, -0.25) is 13.9 Å². The number of nitrogens with one attached hydrogen (secondary N) is 1. The molecule has 0 radical (unpaired) electrons. The van der Waals surface area contributed by atoms with Gasteiger partial charge in [0.05, 0.1) is 10.6 Å². The summed E-state index contributed by atoms with van der Waals surface area (Å²) in [5.41, 5.74) is 2.55. The van der Waals surface area contributed by atoms with Crippen LogP contribution in [0.15, 0.2) is 112 Å². The Hall–Kier alpha value is -3.66. The number of carbonyl (C=O) groups is 2. The van der Waals surface area contributed by atoms with Crippen molar-refractivity contribution >= 4 is 55.1 Å². The fraction of sp³-hybridized carbons (Fsp3) is 0.235. The highest BCUT2D eigenvalue weighted by molar-refractivity contribution is 9.10. The highest BCUT2D eigenvalue weighted by Crippen LogP contribution is 2.29. The van der Waals surface area contributed by atoms with Gasteiger partial charge in [0.25, 0.3) is 10.0 Å². The lowest BCUT2D eigenvalue weighted by atomic mass is 10.0. The molecule has 0 spiro atoms. The number of benzene rings is 4. The van der Waals surface area contributed by atoms with Crippen LogP contribution in [0.1, 0.15) is 30.5 Å². The number of halogens is 2. The van der Waals surface area contributed by atoms with Gasteiger partial charge in [0, 0.05) is 28.5 Å². The highest BCUT2D eigenvalue weighted by atomic mass is 79.9. The predicted octanol–water partition coefficient (Wildman–Crippen LogP) is 6.77. The molecule has 1 N–H and O–H groups in total.